The predicted molar refractivity (Wildman–Crippen MR) is 150 cm³/mol. The molecule has 1 aliphatic heterocycles. The van der Waals surface area contributed by atoms with Gasteiger partial charge in [0.25, 0.3) is 5.56 Å². The quantitative estimate of drug-likeness (QED) is 0.376. The highest BCUT2D eigenvalue weighted by molar-refractivity contribution is 5.77. The van der Waals surface area contributed by atoms with Crippen LogP contribution in [0.3, 0.4) is 0 Å². The predicted octanol–water partition coefficient (Wildman–Crippen LogP) is 3.27. The van der Waals surface area contributed by atoms with Gasteiger partial charge in [0, 0.05) is 42.6 Å². The van der Waals surface area contributed by atoms with Crippen molar-refractivity contribution in [1.82, 2.24) is 34.4 Å². The Kier molecular flexibility index (Phi) is 6.54. The molecule has 3 aromatic heterocycles. The second kappa shape index (κ2) is 10.3. The first-order valence-corrected chi connectivity index (χ1v) is 13.2. The van der Waals surface area contributed by atoms with Crippen LogP contribution in [0.15, 0.2) is 47.4 Å². The molecule has 4 aromatic rings. The van der Waals surface area contributed by atoms with Gasteiger partial charge in [-0.2, -0.15) is 10.2 Å². The van der Waals surface area contributed by atoms with Gasteiger partial charge in [-0.1, -0.05) is 11.3 Å². The van der Waals surface area contributed by atoms with Crippen molar-refractivity contribution < 1.29 is 0 Å². The van der Waals surface area contributed by atoms with Crippen LogP contribution in [0.1, 0.15) is 42.6 Å². The van der Waals surface area contributed by atoms with Crippen molar-refractivity contribution in [3.63, 3.8) is 0 Å². The maximum Gasteiger partial charge on any atom is 0.270 e. The standard InChI is InChI=1S/C28H30N10O/c1-36-12-11-23(16-36)31-21-7-9-22(10-8-21)32-28-30-15-20-13-19(14-29)27(39)38(26(20)33-28)17-24-25(37(2)35-34-24)18-5-3-4-6-18/h5,7-10,13,15,23,31H,3-4,6,11-12,16-17H2,1-2H3,(H,30,32,33). The lowest BCUT2D eigenvalue weighted by Gasteiger charge is -2.15. The number of hydrogen-bond donors (Lipinski definition) is 2. The minimum absolute atomic E-state index is 0.0360. The molecule has 11 heteroatoms. The number of nitrogens with one attached hydrogen (secondary N) is 2. The molecule has 6 rings (SSSR count). The van der Waals surface area contributed by atoms with E-state index in [1.807, 2.05) is 37.4 Å². The van der Waals surface area contributed by atoms with Crippen LogP contribution in [0, 0.1) is 11.3 Å². The van der Waals surface area contributed by atoms with E-state index in [0.29, 0.717) is 28.7 Å². The van der Waals surface area contributed by atoms with Gasteiger partial charge in [-0.15, -0.1) is 5.10 Å². The lowest BCUT2D eigenvalue weighted by Crippen LogP contribution is -2.25. The summed E-state index contributed by atoms with van der Waals surface area (Å²) in [6.07, 6.45) is 8.01. The molecule has 1 fully saturated rings. The number of rotatable bonds is 7. The first kappa shape index (κ1) is 24.8. The summed E-state index contributed by atoms with van der Waals surface area (Å²) in [5, 5.41) is 25.6. The maximum atomic E-state index is 13.3. The molecule has 1 aromatic carbocycles. The fourth-order valence-electron chi connectivity index (χ4n) is 5.45. The van der Waals surface area contributed by atoms with E-state index in [2.05, 4.69) is 44.0 Å². The molecule has 1 atom stereocenters. The smallest absolute Gasteiger partial charge is 0.270 e. The monoisotopic (exact) mass is 522 g/mol. The Morgan fingerprint density at radius 2 is 2.00 bits per heavy atom. The van der Waals surface area contributed by atoms with Crippen LogP contribution in [-0.2, 0) is 13.6 Å². The Hall–Kier alpha value is -4.56. The van der Waals surface area contributed by atoms with E-state index >= 15 is 0 Å². The van der Waals surface area contributed by atoms with E-state index in [1.54, 1.807) is 10.9 Å². The van der Waals surface area contributed by atoms with Gasteiger partial charge in [0.2, 0.25) is 5.95 Å². The van der Waals surface area contributed by atoms with Crippen LogP contribution in [0.5, 0.6) is 0 Å². The lowest BCUT2D eigenvalue weighted by atomic mass is 10.1. The Balaban J connectivity index is 1.30. The van der Waals surface area contributed by atoms with Crippen LogP contribution in [-0.4, -0.2) is 60.6 Å². The van der Waals surface area contributed by atoms with Crippen molar-refractivity contribution in [1.29, 1.82) is 5.26 Å². The molecule has 1 saturated heterocycles. The Bertz CT molecular complexity index is 1660. The second-order valence-electron chi connectivity index (χ2n) is 10.3. The summed E-state index contributed by atoms with van der Waals surface area (Å²) >= 11 is 0. The zero-order valence-corrected chi connectivity index (χ0v) is 22.1. The van der Waals surface area contributed by atoms with Crippen molar-refractivity contribution >= 4 is 33.9 Å². The van der Waals surface area contributed by atoms with Crippen LogP contribution in [0.2, 0.25) is 0 Å². The summed E-state index contributed by atoms with van der Waals surface area (Å²) in [4.78, 5) is 24.8. The number of benzene rings is 1. The number of pyridine rings is 1. The van der Waals surface area contributed by atoms with E-state index in [-0.39, 0.29) is 12.1 Å². The normalized spacial score (nSPS) is 17.4. The van der Waals surface area contributed by atoms with Crippen molar-refractivity contribution in [2.24, 2.45) is 7.05 Å². The largest absolute Gasteiger partial charge is 0.381 e. The first-order chi connectivity index (χ1) is 19.0. The maximum absolute atomic E-state index is 13.3. The lowest BCUT2D eigenvalue weighted by molar-refractivity contribution is 0.414. The van der Waals surface area contributed by atoms with E-state index in [0.717, 1.165) is 55.8 Å². The number of aromatic nitrogens is 6. The van der Waals surface area contributed by atoms with Crippen molar-refractivity contribution in [3.8, 4) is 6.07 Å². The topological polar surface area (TPSA) is 130 Å². The highest BCUT2D eigenvalue weighted by Gasteiger charge is 2.21. The number of likely N-dealkylation sites (N-methyl/N-ethyl adjacent to an activating group) is 1. The number of hydrogen-bond acceptors (Lipinski definition) is 9. The summed E-state index contributed by atoms with van der Waals surface area (Å²) in [5.74, 6) is 0.358. The van der Waals surface area contributed by atoms with Gasteiger partial charge in [0.05, 0.1) is 12.2 Å². The molecular formula is C28H30N10O. The zero-order chi connectivity index (χ0) is 26.9. The summed E-state index contributed by atoms with van der Waals surface area (Å²) in [6, 6.07) is 12.0. The Morgan fingerprint density at radius 1 is 1.18 bits per heavy atom. The van der Waals surface area contributed by atoms with Crippen molar-refractivity contribution in [3.05, 3.63) is 69.9 Å². The third-order valence-corrected chi connectivity index (χ3v) is 7.40. The van der Waals surface area contributed by atoms with Gasteiger partial charge in [-0.25, -0.2) is 9.67 Å². The molecule has 2 aliphatic rings. The van der Waals surface area contributed by atoms with Gasteiger partial charge < -0.3 is 15.5 Å². The van der Waals surface area contributed by atoms with Crippen LogP contribution < -0.4 is 16.2 Å². The molecule has 198 valence electrons. The zero-order valence-electron chi connectivity index (χ0n) is 22.1. The molecule has 1 unspecified atom stereocenters. The van der Waals surface area contributed by atoms with Crippen molar-refractivity contribution in [2.45, 2.75) is 38.3 Å². The molecular weight excluding hydrogens is 492 g/mol. The van der Waals surface area contributed by atoms with E-state index in [4.69, 9.17) is 4.98 Å². The number of nitriles is 1. The number of nitrogens with zero attached hydrogens (tertiary/aromatic N) is 8. The third kappa shape index (κ3) is 4.98. The van der Waals surface area contributed by atoms with Gasteiger partial charge in [-0.3, -0.25) is 9.36 Å². The minimum atomic E-state index is -0.417. The molecule has 39 heavy (non-hydrogen) atoms. The SMILES string of the molecule is CN1CCC(Nc2ccc(Nc3ncc4cc(C#N)c(=O)n(Cc5nnn(C)c5C5=CCCC5)c4n3)cc2)C1. The molecule has 0 saturated carbocycles. The van der Waals surface area contributed by atoms with Gasteiger partial charge in [0.15, 0.2) is 0 Å². The molecule has 0 amide bonds. The summed E-state index contributed by atoms with van der Waals surface area (Å²) in [7, 11) is 3.99. The molecule has 1 aliphatic carbocycles. The second-order valence-corrected chi connectivity index (χ2v) is 10.3. The summed E-state index contributed by atoms with van der Waals surface area (Å²) < 4.78 is 3.24. The molecule has 2 N–H and O–H groups in total. The van der Waals surface area contributed by atoms with Gasteiger partial charge in [0.1, 0.15) is 23.0 Å². The average molecular weight is 523 g/mol. The third-order valence-electron chi connectivity index (χ3n) is 7.40. The first-order valence-electron chi connectivity index (χ1n) is 13.2. The molecule has 4 heterocycles. The van der Waals surface area contributed by atoms with Crippen LogP contribution in [0.4, 0.5) is 17.3 Å². The highest BCUT2D eigenvalue weighted by atomic mass is 16.1. The molecule has 0 radical (unpaired) electrons. The Labute approximate surface area is 225 Å². The number of allylic oxidation sites excluding steroid dienone is 2. The fourth-order valence-corrected chi connectivity index (χ4v) is 5.45. The number of anilines is 3. The van der Waals surface area contributed by atoms with E-state index < -0.39 is 5.56 Å². The summed E-state index contributed by atoms with van der Waals surface area (Å²) in [6.45, 7) is 2.29. The number of fused-ring (bicyclic) bond motifs is 1. The Morgan fingerprint density at radius 3 is 2.72 bits per heavy atom. The van der Waals surface area contributed by atoms with Gasteiger partial charge >= 0.3 is 0 Å². The molecule has 11 nitrogen and oxygen atoms in total. The van der Waals surface area contributed by atoms with Gasteiger partial charge in [-0.05, 0) is 75.2 Å². The number of aryl methyl sites for hydroxylation is 1. The minimum Gasteiger partial charge on any atom is -0.381 e. The van der Waals surface area contributed by atoms with Crippen molar-refractivity contribution in [2.75, 3.05) is 30.8 Å². The molecule has 0 spiro atoms. The van der Waals surface area contributed by atoms with Crippen LogP contribution >= 0.6 is 0 Å². The average Bonchev–Trinajstić information content (AvgIpc) is 3.69. The van der Waals surface area contributed by atoms with E-state index in [9.17, 15) is 10.1 Å². The fraction of sp³-hybridized carbons (Fsp3) is 0.357. The molecule has 0 bridgehead atoms. The van der Waals surface area contributed by atoms with Crippen LogP contribution in [0.25, 0.3) is 16.6 Å². The summed E-state index contributed by atoms with van der Waals surface area (Å²) in [5.41, 5.74) is 4.71. The number of likely N-dealkylation sites (tertiary alicyclic amines) is 1. The van der Waals surface area contributed by atoms with E-state index in [1.165, 1.54) is 16.2 Å². The highest BCUT2D eigenvalue weighted by Crippen LogP contribution is 2.29.